The summed E-state index contributed by atoms with van der Waals surface area (Å²) in [6, 6.07) is 2.38. The van der Waals surface area contributed by atoms with Gasteiger partial charge in [-0.25, -0.2) is 9.37 Å². The van der Waals surface area contributed by atoms with Gasteiger partial charge in [-0.2, -0.15) is 0 Å². The van der Waals surface area contributed by atoms with E-state index in [4.69, 9.17) is 23.1 Å². The molecule has 0 aliphatic carbocycles. The number of rotatable bonds is 3. The second-order valence-electron chi connectivity index (χ2n) is 4.11. The van der Waals surface area contributed by atoms with Crippen LogP contribution in [0.4, 0.5) is 10.3 Å². The third-order valence-electron chi connectivity index (χ3n) is 2.70. The van der Waals surface area contributed by atoms with Crippen LogP contribution in [-0.4, -0.2) is 15.5 Å². The molecule has 1 aromatic heterocycles. The minimum Gasteiger partial charge on any atom is -0.370 e. The molecule has 1 unspecified atom stereocenters. The van der Waals surface area contributed by atoms with Crippen LogP contribution < -0.4 is 11.5 Å². The van der Waals surface area contributed by atoms with Gasteiger partial charge in [0.15, 0.2) is 0 Å². The van der Waals surface area contributed by atoms with Gasteiger partial charge in [0, 0.05) is 18.5 Å². The summed E-state index contributed by atoms with van der Waals surface area (Å²) in [4.78, 5) is 15.0. The van der Waals surface area contributed by atoms with E-state index in [9.17, 15) is 9.18 Å². The molecule has 2 aromatic rings. The second kappa shape index (κ2) is 4.45. The summed E-state index contributed by atoms with van der Waals surface area (Å²) in [5, 5.41) is -0.0186. The summed E-state index contributed by atoms with van der Waals surface area (Å²) < 4.78 is 14.9. The van der Waals surface area contributed by atoms with E-state index in [1.165, 1.54) is 12.1 Å². The maximum atomic E-state index is 13.3. The van der Waals surface area contributed by atoms with Gasteiger partial charge < -0.3 is 16.0 Å². The number of primary amides is 1. The van der Waals surface area contributed by atoms with Crippen molar-refractivity contribution in [3.05, 3.63) is 23.0 Å². The third kappa shape index (κ3) is 2.11. The number of benzene rings is 1. The van der Waals surface area contributed by atoms with Crippen molar-refractivity contribution in [1.82, 2.24) is 9.55 Å². The molecule has 0 aliphatic rings. The van der Waals surface area contributed by atoms with Crippen molar-refractivity contribution in [2.75, 3.05) is 5.73 Å². The summed E-state index contributed by atoms with van der Waals surface area (Å²) in [5.41, 5.74) is 11.9. The Morgan fingerprint density at radius 2 is 2.28 bits per heavy atom. The molecule has 96 valence electrons. The van der Waals surface area contributed by atoms with E-state index < -0.39 is 11.7 Å². The zero-order valence-electron chi connectivity index (χ0n) is 9.65. The second-order valence-corrected chi connectivity index (χ2v) is 4.52. The molecule has 0 saturated carbocycles. The summed E-state index contributed by atoms with van der Waals surface area (Å²) in [7, 11) is 0. The van der Waals surface area contributed by atoms with Gasteiger partial charge in [0.25, 0.3) is 0 Å². The fourth-order valence-electron chi connectivity index (χ4n) is 1.95. The highest BCUT2D eigenvalue weighted by Crippen LogP contribution is 2.28. The summed E-state index contributed by atoms with van der Waals surface area (Å²) in [6.45, 7) is 1.78. The summed E-state index contributed by atoms with van der Waals surface area (Å²) in [5.74, 6) is -0.811. The van der Waals surface area contributed by atoms with Crippen LogP contribution in [0.25, 0.3) is 11.0 Å². The van der Waals surface area contributed by atoms with E-state index in [0.29, 0.717) is 11.0 Å². The molecule has 0 spiro atoms. The normalized spacial score (nSPS) is 12.8. The Balaban J connectivity index is 2.59. The lowest BCUT2D eigenvalue weighted by Crippen LogP contribution is -2.18. The molecule has 0 radical (unpaired) electrons. The Labute approximate surface area is 108 Å². The number of carbonyl (C=O) groups is 1. The van der Waals surface area contributed by atoms with Crippen LogP contribution in [0.15, 0.2) is 12.1 Å². The monoisotopic (exact) mass is 270 g/mol. The van der Waals surface area contributed by atoms with Crippen LogP contribution in [0.2, 0.25) is 5.02 Å². The Kier molecular flexibility index (Phi) is 3.13. The quantitative estimate of drug-likeness (QED) is 0.892. The first-order chi connectivity index (χ1) is 8.40. The number of halogens is 2. The Bertz CT molecular complexity index is 625. The molecule has 4 N–H and O–H groups in total. The summed E-state index contributed by atoms with van der Waals surface area (Å²) in [6.07, 6.45) is 0.116. The number of fused-ring (bicyclic) bond motifs is 1. The largest absolute Gasteiger partial charge is 0.370 e. The van der Waals surface area contributed by atoms with Gasteiger partial charge in [0.1, 0.15) is 5.82 Å². The van der Waals surface area contributed by atoms with E-state index in [1.54, 1.807) is 11.5 Å². The number of anilines is 1. The Hall–Kier alpha value is -1.82. The van der Waals surface area contributed by atoms with Crippen molar-refractivity contribution >= 4 is 34.5 Å². The average molecular weight is 271 g/mol. The van der Waals surface area contributed by atoms with Crippen molar-refractivity contribution in [2.24, 2.45) is 5.73 Å². The van der Waals surface area contributed by atoms with Crippen molar-refractivity contribution in [1.29, 1.82) is 0 Å². The highest BCUT2D eigenvalue weighted by Gasteiger charge is 2.17. The predicted octanol–water partition coefficient (Wildman–Crippen LogP) is 1.85. The molecular weight excluding hydrogens is 259 g/mol. The maximum Gasteiger partial charge on any atom is 0.219 e. The van der Waals surface area contributed by atoms with Crippen molar-refractivity contribution in [3.8, 4) is 0 Å². The lowest BCUT2D eigenvalue weighted by Gasteiger charge is -2.14. The lowest BCUT2D eigenvalue weighted by atomic mass is 10.2. The van der Waals surface area contributed by atoms with Crippen LogP contribution in [0, 0.1) is 5.82 Å². The number of aromatic nitrogens is 2. The fourth-order valence-corrected chi connectivity index (χ4v) is 2.11. The van der Waals surface area contributed by atoms with Crippen LogP contribution in [0.3, 0.4) is 0 Å². The molecule has 1 amide bonds. The van der Waals surface area contributed by atoms with E-state index in [0.717, 1.165) is 0 Å². The van der Waals surface area contributed by atoms with Gasteiger partial charge in [-0.3, -0.25) is 4.79 Å². The van der Waals surface area contributed by atoms with Crippen LogP contribution in [0.5, 0.6) is 0 Å². The molecular formula is C11H12ClFN4O. The minimum atomic E-state index is -0.559. The standard InChI is InChI=1S/C11H12ClFN4O/c1-5(2-10(14)18)17-9-3-6(12)7(13)4-8(9)16-11(17)15/h3-5H,2H2,1H3,(H2,14,18)(H2,15,16). The van der Waals surface area contributed by atoms with Gasteiger partial charge in [-0.15, -0.1) is 0 Å². The molecule has 5 nitrogen and oxygen atoms in total. The van der Waals surface area contributed by atoms with Crippen LogP contribution in [0.1, 0.15) is 19.4 Å². The highest BCUT2D eigenvalue weighted by atomic mass is 35.5. The smallest absolute Gasteiger partial charge is 0.219 e. The number of nitrogens with zero attached hydrogens (tertiary/aromatic N) is 2. The van der Waals surface area contributed by atoms with Crippen LogP contribution >= 0.6 is 11.6 Å². The first-order valence-corrected chi connectivity index (χ1v) is 5.68. The maximum absolute atomic E-state index is 13.3. The predicted molar refractivity (Wildman–Crippen MR) is 67.6 cm³/mol. The zero-order chi connectivity index (χ0) is 13.4. The average Bonchev–Trinajstić information content (AvgIpc) is 2.53. The Morgan fingerprint density at radius 1 is 1.61 bits per heavy atom. The first kappa shape index (κ1) is 12.6. The third-order valence-corrected chi connectivity index (χ3v) is 2.99. The van der Waals surface area contributed by atoms with Gasteiger partial charge in [-0.1, -0.05) is 11.6 Å². The molecule has 0 aliphatic heterocycles. The first-order valence-electron chi connectivity index (χ1n) is 5.31. The molecule has 0 fully saturated rings. The fraction of sp³-hybridized carbons (Fsp3) is 0.273. The summed E-state index contributed by atoms with van der Waals surface area (Å²) >= 11 is 5.73. The molecule has 1 heterocycles. The van der Waals surface area contributed by atoms with E-state index >= 15 is 0 Å². The number of nitrogens with two attached hydrogens (primary N) is 2. The number of hydrogen-bond acceptors (Lipinski definition) is 3. The van der Waals surface area contributed by atoms with Crippen molar-refractivity contribution in [2.45, 2.75) is 19.4 Å². The number of nitrogen functional groups attached to an aromatic ring is 1. The minimum absolute atomic E-state index is 0.0186. The van der Waals surface area contributed by atoms with Gasteiger partial charge in [0.2, 0.25) is 11.9 Å². The molecule has 1 aromatic carbocycles. The number of imidazole rings is 1. The lowest BCUT2D eigenvalue weighted by molar-refractivity contribution is -0.118. The topological polar surface area (TPSA) is 86.9 Å². The zero-order valence-corrected chi connectivity index (χ0v) is 10.4. The van der Waals surface area contributed by atoms with Crippen molar-refractivity contribution in [3.63, 3.8) is 0 Å². The molecule has 2 rings (SSSR count). The number of hydrogen-bond donors (Lipinski definition) is 2. The van der Waals surface area contributed by atoms with E-state index in [2.05, 4.69) is 4.98 Å². The van der Waals surface area contributed by atoms with Crippen molar-refractivity contribution < 1.29 is 9.18 Å². The molecule has 1 atom stereocenters. The SMILES string of the molecule is CC(CC(N)=O)n1c(N)nc2cc(F)c(Cl)cc21. The highest BCUT2D eigenvalue weighted by molar-refractivity contribution is 6.31. The number of amides is 1. The van der Waals surface area contributed by atoms with Gasteiger partial charge >= 0.3 is 0 Å². The Morgan fingerprint density at radius 3 is 2.89 bits per heavy atom. The van der Waals surface area contributed by atoms with E-state index in [1.807, 2.05) is 0 Å². The van der Waals surface area contributed by atoms with Gasteiger partial charge in [-0.05, 0) is 13.0 Å². The van der Waals surface area contributed by atoms with Crippen LogP contribution in [-0.2, 0) is 4.79 Å². The molecule has 7 heteroatoms. The molecule has 0 bridgehead atoms. The van der Waals surface area contributed by atoms with E-state index in [-0.39, 0.29) is 23.4 Å². The molecule has 18 heavy (non-hydrogen) atoms. The molecule has 0 saturated heterocycles. The number of carbonyl (C=O) groups excluding carboxylic acids is 1. The van der Waals surface area contributed by atoms with Gasteiger partial charge in [0.05, 0.1) is 16.1 Å².